The minimum Gasteiger partial charge on any atom is -0.325 e. The van der Waals surface area contributed by atoms with Crippen LogP contribution in [0.4, 0.5) is 11.4 Å². The highest BCUT2D eigenvalue weighted by Crippen LogP contribution is 2.29. The third-order valence-electron chi connectivity index (χ3n) is 3.66. The molecule has 0 saturated carbocycles. The van der Waals surface area contributed by atoms with Crippen molar-refractivity contribution in [3.8, 4) is 0 Å². The van der Waals surface area contributed by atoms with Crippen LogP contribution in [-0.2, 0) is 4.79 Å². The summed E-state index contributed by atoms with van der Waals surface area (Å²) in [7, 11) is 0. The van der Waals surface area contributed by atoms with Crippen LogP contribution >= 0.6 is 11.8 Å². The van der Waals surface area contributed by atoms with Gasteiger partial charge in [0, 0.05) is 23.2 Å². The molecule has 3 rings (SSSR count). The van der Waals surface area contributed by atoms with Gasteiger partial charge in [-0.25, -0.2) is 9.97 Å². The maximum absolute atomic E-state index is 12.5. The van der Waals surface area contributed by atoms with Gasteiger partial charge in [0.25, 0.3) is 5.69 Å². The van der Waals surface area contributed by atoms with Crippen molar-refractivity contribution in [1.82, 2.24) is 9.97 Å². The Labute approximate surface area is 154 Å². The van der Waals surface area contributed by atoms with Crippen molar-refractivity contribution in [2.45, 2.75) is 24.1 Å². The van der Waals surface area contributed by atoms with Gasteiger partial charge in [0.2, 0.25) is 5.91 Å². The number of anilines is 1. The molecule has 0 aliphatic carbocycles. The highest BCUT2D eigenvalue weighted by molar-refractivity contribution is 8.00. The van der Waals surface area contributed by atoms with E-state index in [1.165, 1.54) is 30.0 Å². The SMILES string of the molecule is Cc1nc(SC(C)C(=O)Nc2cccc([N+](=O)[O-])c2)c2ccccc2n1. The lowest BCUT2D eigenvalue weighted by molar-refractivity contribution is -0.384. The predicted octanol–water partition coefficient (Wildman–Crippen LogP) is 3.97. The molecule has 1 unspecified atom stereocenters. The molecule has 0 radical (unpaired) electrons. The van der Waals surface area contributed by atoms with Crippen molar-refractivity contribution < 1.29 is 9.72 Å². The zero-order valence-electron chi connectivity index (χ0n) is 14.2. The van der Waals surface area contributed by atoms with E-state index in [-0.39, 0.29) is 11.6 Å². The van der Waals surface area contributed by atoms with Crippen LogP contribution in [0, 0.1) is 17.0 Å². The smallest absolute Gasteiger partial charge is 0.271 e. The number of para-hydroxylation sites is 1. The second-order valence-corrected chi connectivity index (χ2v) is 6.98. The predicted molar refractivity (Wildman–Crippen MR) is 101 cm³/mol. The van der Waals surface area contributed by atoms with E-state index in [1.807, 2.05) is 31.2 Å². The van der Waals surface area contributed by atoms with Gasteiger partial charge in [0.15, 0.2) is 0 Å². The number of carbonyl (C=O) groups excluding carboxylic acids is 1. The maximum atomic E-state index is 12.5. The van der Waals surface area contributed by atoms with Crippen LogP contribution in [0.3, 0.4) is 0 Å². The van der Waals surface area contributed by atoms with E-state index in [9.17, 15) is 14.9 Å². The van der Waals surface area contributed by atoms with E-state index in [1.54, 1.807) is 13.0 Å². The Hall–Kier alpha value is -3.00. The quantitative estimate of drug-likeness (QED) is 0.317. The molecule has 0 fully saturated rings. The van der Waals surface area contributed by atoms with Crippen LogP contribution in [-0.4, -0.2) is 26.0 Å². The number of aryl methyl sites for hydroxylation is 1. The highest BCUT2D eigenvalue weighted by Gasteiger charge is 2.18. The van der Waals surface area contributed by atoms with Crippen LogP contribution in [0.1, 0.15) is 12.7 Å². The number of nitrogens with zero attached hydrogens (tertiary/aromatic N) is 3. The third kappa shape index (κ3) is 3.97. The molecule has 1 heterocycles. The Morgan fingerprint density at radius 2 is 1.96 bits per heavy atom. The molecule has 1 atom stereocenters. The first-order valence-electron chi connectivity index (χ1n) is 7.89. The normalized spacial score (nSPS) is 11.9. The summed E-state index contributed by atoms with van der Waals surface area (Å²) in [6, 6.07) is 13.5. The van der Waals surface area contributed by atoms with Crippen LogP contribution in [0.2, 0.25) is 0 Å². The molecule has 132 valence electrons. The van der Waals surface area contributed by atoms with Crippen molar-refractivity contribution in [2.24, 2.45) is 0 Å². The van der Waals surface area contributed by atoms with Gasteiger partial charge in [-0.15, -0.1) is 0 Å². The number of carbonyl (C=O) groups is 1. The molecular weight excluding hydrogens is 352 g/mol. The average molecular weight is 368 g/mol. The Balaban J connectivity index is 1.78. The number of fused-ring (bicyclic) bond motifs is 1. The molecule has 1 aromatic heterocycles. The minimum atomic E-state index is -0.496. The number of thioether (sulfide) groups is 1. The lowest BCUT2D eigenvalue weighted by Crippen LogP contribution is -2.22. The molecule has 0 spiro atoms. The highest BCUT2D eigenvalue weighted by atomic mass is 32.2. The maximum Gasteiger partial charge on any atom is 0.271 e. The fourth-order valence-corrected chi connectivity index (χ4v) is 3.40. The molecule has 0 saturated heterocycles. The lowest BCUT2D eigenvalue weighted by Gasteiger charge is -2.13. The zero-order valence-corrected chi connectivity index (χ0v) is 15.0. The molecule has 3 aromatic rings. The molecule has 0 aliphatic heterocycles. The van der Waals surface area contributed by atoms with Gasteiger partial charge < -0.3 is 5.32 Å². The first-order chi connectivity index (χ1) is 12.4. The van der Waals surface area contributed by atoms with E-state index in [4.69, 9.17) is 0 Å². The first-order valence-corrected chi connectivity index (χ1v) is 8.77. The molecule has 1 amide bonds. The summed E-state index contributed by atoms with van der Waals surface area (Å²) in [5.41, 5.74) is 1.15. The molecule has 0 aliphatic rings. The largest absolute Gasteiger partial charge is 0.325 e. The summed E-state index contributed by atoms with van der Waals surface area (Å²) in [5, 5.41) is 14.7. The summed E-state index contributed by atoms with van der Waals surface area (Å²) in [4.78, 5) is 31.7. The van der Waals surface area contributed by atoms with Gasteiger partial charge in [-0.1, -0.05) is 36.0 Å². The van der Waals surface area contributed by atoms with Gasteiger partial charge in [-0.2, -0.15) is 0 Å². The number of benzene rings is 2. The van der Waals surface area contributed by atoms with E-state index < -0.39 is 10.2 Å². The number of hydrogen-bond donors (Lipinski definition) is 1. The van der Waals surface area contributed by atoms with Gasteiger partial charge in [-0.05, 0) is 26.0 Å². The average Bonchev–Trinajstić information content (AvgIpc) is 2.61. The van der Waals surface area contributed by atoms with E-state index in [0.29, 0.717) is 11.5 Å². The number of hydrogen-bond acceptors (Lipinski definition) is 6. The van der Waals surface area contributed by atoms with E-state index in [0.717, 1.165) is 15.9 Å². The molecule has 0 bridgehead atoms. The number of rotatable bonds is 5. The number of nitro benzene ring substituents is 1. The molecule has 26 heavy (non-hydrogen) atoms. The first kappa shape index (κ1) is 17.8. The zero-order chi connectivity index (χ0) is 18.7. The topological polar surface area (TPSA) is 98.0 Å². The van der Waals surface area contributed by atoms with Crippen LogP contribution < -0.4 is 5.32 Å². The Bertz CT molecular complexity index is 993. The van der Waals surface area contributed by atoms with Gasteiger partial charge in [-0.3, -0.25) is 14.9 Å². The number of non-ortho nitro benzene ring substituents is 1. The van der Waals surface area contributed by atoms with Gasteiger partial charge in [0.05, 0.1) is 15.7 Å². The summed E-state index contributed by atoms with van der Waals surface area (Å²) in [6.07, 6.45) is 0. The van der Waals surface area contributed by atoms with Crippen molar-refractivity contribution in [2.75, 3.05) is 5.32 Å². The van der Waals surface area contributed by atoms with E-state index >= 15 is 0 Å². The van der Waals surface area contributed by atoms with Crippen molar-refractivity contribution >= 4 is 39.9 Å². The number of amides is 1. The summed E-state index contributed by atoms with van der Waals surface area (Å²) < 4.78 is 0. The monoisotopic (exact) mass is 368 g/mol. The fraction of sp³-hybridized carbons (Fsp3) is 0.167. The van der Waals surface area contributed by atoms with Gasteiger partial charge in [0.1, 0.15) is 10.9 Å². The van der Waals surface area contributed by atoms with Crippen molar-refractivity contribution in [3.63, 3.8) is 0 Å². The van der Waals surface area contributed by atoms with Crippen molar-refractivity contribution in [3.05, 3.63) is 64.5 Å². The standard InChI is InChI=1S/C18H16N4O3S/c1-11(17(23)21-13-6-5-7-14(10-13)22(24)25)26-18-15-8-3-4-9-16(15)19-12(2)20-18/h3-11H,1-2H3,(H,21,23). The summed E-state index contributed by atoms with van der Waals surface area (Å²) in [6.45, 7) is 3.58. The number of nitro groups is 1. The summed E-state index contributed by atoms with van der Waals surface area (Å²) >= 11 is 1.33. The Morgan fingerprint density at radius 1 is 1.19 bits per heavy atom. The van der Waals surface area contributed by atoms with Crippen LogP contribution in [0.5, 0.6) is 0 Å². The Morgan fingerprint density at radius 3 is 2.73 bits per heavy atom. The summed E-state index contributed by atoms with van der Waals surface area (Å²) in [5.74, 6) is 0.383. The van der Waals surface area contributed by atoms with Crippen LogP contribution in [0.15, 0.2) is 53.6 Å². The molecule has 1 N–H and O–H groups in total. The minimum absolute atomic E-state index is 0.0690. The molecule has 8 heteroatoms. The van der Waals surface area contributed by atoms with E-state index in [2.05, 4.69) is 15.3 Å². The van der Waals surface area contributed by atoms with Crippen LogP contribution in [0.25, 0.3) is 10.9 Å². The second kappa shape index (κ2) is 7.49. The fourth-order valence-electron chi connectivity index (χ4n) is 2.41. The molecule has 7 nitrogen and oxygen atoms in total. The number of nitrogens with one attached hydrogen (secondary N) is 1. The lowest BCUT2D eigenvalue weighted by atomic mass is 10.2. The van der Waals surface area contributed by atoms with Gasteiger partial charge >= 0.3 is 0 Å². The number of aromatic nitrogens is 2. The molecular formula is C18H16N4O3S. The van der Waals surface area contributed by atoms with Crippen molar-refractivity contribution in [1.29, 1.82) is 0 Å². The second-order valence-electron chi connectivity index (χ2n) is 5.65. The molecule has 2 aromatic carbocycles. The third-order valence-corrected chi connectivity index (χ3v) is 4.76. The Kier molecular flexibility index (Phi) is 5.13.